The summed E-state index contributed by atoms with van der Waals surface area (Å²) in [7, 11) is 0.734. The van der Waals surface area contributed by atoms with Gasteiger partial charge in [0.15, 0.2) is 0 Å². The van der Waals surface area contributed by atoms with Crippen LogP contribution >= 0.6 is 15.8 Å². The molecular weight excluding hydrogens is 326 g/mol. The van der Waals surface area contributed by atoms with Crippen LogP contribution in [0.2, 0.25) is 0 Å². The Kier molecular flexibility index (Phi) is 20.9. The maximum Gasteiger partial charge on any atom is -0.0286 e. The Morgan fingerprint density at radius 3 is 1.04 bits per heavy atom. The Morgan fingerprint density at radius 2 is 0.708 bits per heavy atom. The zero-order valence-corrected chi connectivity index (χ0v) is 19.4. The predicted molar refractivity (Wildman–Crippen MR) is 121 cm³/mol. The van der Waals surface area contributed by atoms with Gasteiger partial charge in [-0.05, 0) is 49.8 Å². The first kappa shape index (κ1) is 24.9. The molecule has 0 rings (SSSR count). The van der Waals surface area contributed by atoms with Crippen molar-refractivity contribution in [3.05, 3.63) is 0 Å². The topological polar surface area (TPSA) is 0 Å². The van der Waals surface area contributed by atoms with Crippen LogP contribution in [-0.4, -0.2) is 37.0 Å². The Morgan fingerprint density at radius 1 is 0.333 bits per heavy atom. The summed E-state index contributed by atoms with van der Waals surface area (Å²) in [6.07, 6.45) is 27.0. The van der Waals surface area contributed by atoms with Gasteiger partial charge in [-0.2, -0.15) is 0 Å². The van der Waals surface area contributed by atoms with Gasteiger partial charge in [-0.1, -0.05) is 91.9 Å². The van der Waals surface area contributed by atoms with Crippen LogP contribution in [0.1, 0.15) is 105 Å². The molecule has 0 bridgehead atoms. The Labute approximate surface area is 157 Å². The molecule has 0 fully saturated rings. The van der Waals surface area contributed by atoms with Crippen molar-refractivity contribution in [1.82, 2.24) is 0 Å². The van der Waals surface area contributed by atoms with Gasteiger partial charge in [0, 0.05) is 0 Å². The van der Waals surface area contributed by atoms with Gasteiger partial charge in [-0.25, -0.2) is 0 Å². The summed E-state index contributed by atoms with van der Waals surface area (Å²) < 4.78 is 0. The molecule has 0 aromatic heterocycles. The van der Waals surface area contributed by atoms with Gasteiger partial charge in [-0.15, -0.1) is 15.8 Å². The van der Waals surface area contributed by atoms with Crippen LogP contribution < -0.4 is 0 Å². The van der Waals surface area contributed by atoms with Crippen LogP contribution in [0.3, 0.4) is 0 Å². The molecule has 0 heterocycles. The van der Waals surface area contributed by atoms with E-state index in [2.05, 4.69) is 27.7 Å². The van der Waals surface area contributed by atoms with Crippen LogP contribution in [-0.2, 0) is 0 Å². The van der Waals surface area contributed by atoms with Gasteiger partial charge in [-0.3, -0.25) is 0 Å². The Balaban J connectivity index is 3.95. The highest BCUT2D eigenvalue weighted by Crippen LogP contribution is 2.44. The average molecular weight is 375 g/mol. The minimum atomic E-state index is 0.367. The summed E-state index contributed by atoms with van der Waals surface area (Å²) in [5.74, 6) is 0. The second-order valence-electron chi connectivity index (χ2n) is 7.51. The first-order chi connectivity index (χ1) is 11.8. The lowest BCUT2D eigenvalue weighted by Gasteiger charge is -2.22. The largest absolute Gasteiger partial charge is 0.106 e. The third kappa shape index (κ3) is 16.3. The van der Waals surface area contributed by atoms with Crippen molar-refractivity contribution in [2.45, 2.75) is 105 Å². The fourth-order valence-electron chi connectivity index (χ4n) is 3.46. The van der Waals surface area contributed by atoms with E-state index in [4.69, 9.17) is 0 Å². The predicted octanol–water partition coefficient (Wildman–Crippen LogP) is 8.71. The molecule has 0 amide bonds. The van der Waals surface area contributed by atoms with Gasteiger partial charge < -0.3 is 0 Å². The van der Waals surface area contributed by atoms with E-state index in [9.17, 15) is 0 Å². The van der Waals surface area contributed by atoms with E-state index < -0.39 is 0 Å². The summed E-state index contributed by atoms with van der Waals surface area (Å²) in [5, 5.41) is 0. The zero-order chi connectivity index (χ0) is 17.9. The van der Waals surface area contributed by atoms with E-state index in [1.807, 2.05) is 0 Å². The summed E-state index contributed by atoms with van der Waals surface area (Å²) in [5.41, 5.74) is 0. The summed E-state index contributed by atoms with van der Waals surface area (Å²) in [6.45, 7) is 9.44. The third-order valence-electron chi connectivity index (χ3n) is 4.97. The fourth-order valence-corrected chi connectivity index (χ4v) is 9.67. The lowest BCUT2D eigenvalue weighted by molar-refractivity contribution is 0.657. The van der Waals surface area contributed by atoms with Crippen molar-refractivity contribution in [1.29, 1.82) is 0 Å². The highest BCUT2D eigenvalue weighted by atomic mass is 31.1. The molecule has 0 saturated heterocycles. The molecular formula is C22H48P2. The maximum atomic E-state index is 2.40. The van der Waals surface area contributed by atoms with Crippen molar-refractivity contribution in [2.75, 3.05) is 37.0 Å². The molecule has 0 aromatic rings. The Hall–Kier alpha value is 0.860. The highest BCUT2D eigenvalue weighted by Gasteiger charge is 2.12. The minimum absolute atomic E-state index is 0.367. The smallest absolute Gasteiger partial charge is 0.0286 e. The molecule has 146 valence electrons. The van der Waals surface area contributed by atoms with Crippen LogP contribution in [0, 0.1) is 0 Å². The van der Waals surface area contributed by atoms with Crippen molar-refractivity contribution < 1.29 is 0 Å². The lowest BCUT2D eigenvalue weighted by atomic mass is 10.2. The molecule has 0 N–H and O–H groups in total. The molecule has 2 atom stereocenters. The molecule has 2 heteroatoms. The number of unbranched alkanes of at least 4 members (excludes halogenated alkanes) is 8. The van der Waals surface area contributed by atoms with E-state index >= 15 is 0 Å². The molecule has 0 radical (unpaired) electrons. The standard InChI is InChI=1S/C22H48P2/c1-5-9-11-13-15-19-23(17-7-3)21-22-24(18-8-4)20-16-14-12-10-6-2/h5-22H2,1-4H3. The van der Waals surface area contributed by atoms with Gasteiger partial charge >= 0.3 is 0 Å². The van der Waals surface area contributed by atoms with E-state index in [-0.39, 0.29) is 0 Å². The van der Waals surface area contributed by atoms with Crippen molar-refractivity contribution in [3.8, 4) is 0 Å². The molecule has 0 aromatic carbocycles. The SMILES string of the molecule is CCCCCCCP(CCC)CCP(CCC)CCCCCCC. The second kappa shape index (κ2) is 20.2. The van der Waals surface area contributed by atoms with Crippen LogP contribution in [0.15, 0.2) is 0 Å². The van der Waals surface area contributed by atoms with Crippen LogP contribution in [0.25, 0.3) is 0 Å². The summed E-state index contributed by atoms with van der Waals surface area (Å²) in [6, 6.07) is 0. The Bertz CT molecular complexity index is 206. The average Bonchev–Trinajstić information content (AvgIpc) is 2.58. The summed E-state index contributed by atoms with van der Waals surface area (Å²) in [4.78, 5) is 0. The fraction of sp³-hybridized carbons (Fsp3) is 1.00. The normalized spacial score (nSPS) is 14.0. The van der Waals surface area contributed by atoms with Gasteiger partial charge in [0.1, 0.15) is 0 Å². The van der Waals surface area contributed by atoms with E-state index in [1.54, 1.807) is 37.0 Å². The highest BCUT2D eigenvalue weighted by molar-refractivity contribution is 7.61. The van der Waals surface area contributed by atoms with Gasteiger partial charge in [0.05, 0.1) is 0 Å². The van der Waals surface area contributed by atoms with Gasteiger partial charge in [0.2, 0.25) is 0 Å². The molecule has 0 aliphatic rings. The second-order valence-corrected chi connectivity index (χ2v) is 12.9. The molecule has 0 saturated carbocycles. The minimum Gasteiger partial charge on any atom is -0.106 e. The molecule has 0 nitrogen and oxygen atoms in total. The number of hydrogen-bond acceptors (Lipinski definition) is 0. The van der Waals surface area contributed by atoms with E-state index in [0.29, 0.717) is 15.8 Å². The van der Waals surface area contributed by atoms with Crippen molar-refractivity contribution in [3.63, 3.8) is 0 Å². The molecule has 0 aliphatic carbocycles. The number of rotatable bonds is 19. The zero-order valence-electron chi connectivity index (χ0n) is 17.6. The van der Waals surface area contributed by atoms with E-state index in [0.717, 1.165) is 0 Å². The number of hydrogen-bond donors (Lipinski definition) is 0. The first-order valence-corrected chi connectivity index (χ1v) is 15.0. The lowest BCUT2D eigenvalue weighted by Crippen LogP contribution is -2.02. The summed E-state index contributed by atoms with van der Waals surface area (Å²) >= 11 is 0. The first-order valence-electron chi connectivity index (χ1n) is 11.2. The van der Waals surface area contributed by atoms with Crippen molar-refractivity contribution in [2.24, 2.45) is 0 Å². The van der Waals surface area contributed by atoms with Crippen LogP contribution in [0.5, 0.6) is 0 Å². The molecule has 0 spiro atoms. The molecule has 24 heavy (non-hydrogen) atoms. The monoisotopic (exact) mass is 374 g/mol. The maximum absolute atomic E-state index is 2.40. The van der Waals surface area contributed by atoms with Gasteiger partial charge in [0.25, 0.3) is 0 Å². The third-order valence-corrected chi connectivity index (χ3v) is 11.1. The van der Waals surface area contributed by atoms with Crippen LogP contribution in [0.4, 0.5) is 0 Å². The quantitative estimate of drug-likeness (QED) is 0.157. The molecule has 0 aliphatic heterocycles. The van der Waals surface area contributed by atoms with E-state index in [1.165, 1.54) is 77.0 Å². The van der Waals surface area contributed by atoms with Crippen molar-refractivity contribution >= 4 is 15.8 Å². The molecule has 2 unspecified atom stereocenters.